The van der Waals surface area contributed by atoms with Crippen molar-refractivity contribution >= 4 is 23.8 Å². The van der Waals surface area contributed by atoms with Crippen molar-refractivity contribution in [3.8, 4) is 11.5 Å². The summed E-state index contributed by atoms with van der Waals surface area (Å²) in [5.41, 5.74) is 4.95. The Balaban J connectivity index is 1.67. The number of ether oxygens (including phenoxy) is 2. The molecule has 0 atom stereocenters. The number of methoxy groups -OCH3 is 1. The number of aryl methyl sites for hydroxylation is 1. The monoisotopic (exact) mass is 412 g/mol. The van der Waals surface area contributed by atoms with Crippen LogP contribution >= 0.6 is 11.6 Å². The molecule has 0 amide bonds. The molecule has 0 fully saturated rings. The number of aromatic amines is 1. The molecule has 0 aliphatic heterocycles. The highest BCUT2D eigenvalue weighted by Crippen LogP contribution is 2.28. The van der Waals surface area contributed by atoms with E-state index in [-0.39, 0.29) is 5.56 Å². The van der Waals surface area contributed by atoms with E-state index in [0.29, 0.717) is 41.2 Å². The molecule has 7 nitrogen and oxygen atoms in total. The molecular weight excluding hydrogens is 392 g/mol. The number of nitrogens with zero attached hydrogens (tertiary/aromatic N) is 2. The Bertz CT molecular complexity index is 1070. The highest BCUT2D eigenvalue weighted by atomic mass is 35.5. The molecule has 2 aromatic carbocycles. The van der Waals surface area contributed by atoms with Crippen LogP contribution in [0.3, 0.4) is 0 Å². The summed E-state index contributed by atoms with van der Waals surface area (Å²) < 4.78 is 11.3. The van der Waals surface area contributed by atoms with Gasteiger partial charge in [-0.2, -0.15) is 5.10 Å². The lowest BCUT2D eigenvalue weighted by atomic mass is 10.2. The standard InChI is InChI=1S/C21H21ClN4O3/c1-3-17-11-20(27)25-21(24-17)26-23-12-14-7-8-18(19(10-14)28-2)29-13-15-5-4-6-16(22)9-15/h4-12H,3,13H2,1-2H3,(H2,24,25,26,27)/b23-12-. The van der Waals surface area contributed by atoms with Gasteiger partial charge in [0, 0.05) is 16.8 Å². The van der Waals surface area contributed by atoms with Crippen molar-refractivity contribution in [2.45, 2.75) is 20.0 Å². The van der Waals surface area contributed by atoms with E-state index in [1.54, 1.807) is 19.4 Å². The van der Waals surface area contributed by atoms with Crippen LogP contribution in [0, 0.1) is 0 Å². The first-order valence-electron chi connectivity index (χ1n) is 9.02. The fourth-order valence-electron chi connectivity index (χ4n) is 2.58. The predicted molar refractivity (Wildman–Crippen MR) is 114 cm³/mol. The van der Waals surface area contributed by atoms with Crippen LogP contribution in [0.4, 0.5) is 5.95 Å². The third-order valence-electron chi connectivity index (χ3n) is 4.01. The second kappa shape index (κ2) is 9.75. The molecule has 8 heteroatoms. The van der Waals surface area contributed by atoms with Gasteiger partial charge in [0.1, 0.15) is 6.61 Å². The number of nitrogens with one attached hydrogen (secondary N) is 2. The van der Waals surface area contributed by atoms with Crippen molar-refractivity contribution in [3.63, 3.8) is 0 Å². The van der Waals surface area contributed by atoms with Gasteiger partial charge in [-0.25, -0.2) is 10.4 Å². The van der Waals surface area contributed by atoms with Crippen molar-refractivity contribution in [2.24, 2.45) is 5.10 Å². The molecule has 0 aliphatic rings. The van der Waals surface area contributed by atoms with Gasteiger partial charge in [0.25, 0.3) is 5.56 Å². The molecule has 0 radical (unpaired) electrons. The van der Waals surface area contributed by atoms with E-state index in [1.807, 2.05) is 43.3 Å². The molecule has 3 rings (SSSR count). The van der Waals surface area contributed by atoms with Gasteiger partial charge >= 0.3 is 0 Å². The number of anilines is 1. The Morgan fingerprint density at radius 1 is 1.21 bits per heavy atom. The zero-order valence-electron chi connectivity index (χ0n) is 16.1. The van der Waals surface area contributed by atoms with Gasteiger partial charge in [0.2, 0.25) is 5.95 Å². The Labute approximate surface area is 173 Å². The highest BCUT2D eigenvalue weighted by molar-refractivity contribution is 6.30. The van der Waals surface area contributed by atoms with Crippen molar-refractivity contribution in [1.82, 2.24) is 9.97 Å². The number of H-pyrrole nitrogens is 1. The Kier molecular flexibility index (Phi) is 6.86. The minimum Gasteiger partial charge on any atom is -0.493 e. The summed E-state index contributed by atoms with van der Waals surface area (Å²) in [5, 5.41) is 4.78. The third kappa shape index (κ3) is 5.83. The first-order chi connectivity index (χ1) is 14.1. The molecule has 3 aromatic rings. The summed E-state index contributed by atoms with van der Waals surface area (Å²) in [6.07, 6.45) is 2.26. The molecule has 0 saturated carbocycles. The largest absolute Gasteiger partial charge is 0.493 e. The van der Waals surface area contributed by atoms with Crippen molar-refractivity contribution in [3.05, 3.63) is 80.7 Å². The van der Waals surface area contributed by atoms with Gasteiger partial charge in [0.05, 0.1) is 13.3 Å². The van der Waals surface area contributed by atoms with Gasteiger partial charge in [-0.05, 0) is 47.9 Å². The third-order valence-corrected chi connectivity index (χ3v) is 4.25. The van der Waals surface area contributed by atoms with Gasteiger partial charge in [-0.1, -0.05) is 30.7 Å². The fraction of sp³-hybridized carbons (Fsp3) is 0.190. The molecule has 0 bridgehead atoms. The zero-order valence-corrected chi connectivity index (χ0v) is 16.9. The van der Waals surface area contributed by atoms with E-state index in [1.165, 1.54) is 6.07 Å². The molecule has 0 spiro atoms. The molecule has 1 heterocycles. The van der Waals surface area contributed by atoms with Crippen LogP contribution in [-0.4, -0.2) is 23.3 Å². The second-order valence-corrected chi connectivity index (χ2v) is 6.57. The summed E-state index contributed by atoms with van der Waals surface area (Å²) in [5.74, 6) is 1.48. The van der Waals surface area contributed by atoms with Crippen LogP contribution in [0.15, 0.2) is 58.4 Å². The summed E-state index contributed by atoms with van der Waals surface area (Å²) in [6.45, 7) is 2.30. The maximum absolute atomic E-state index is 11.6. The lowest BCUT2D eigenvalue weighted by molar-refractivity contribution is 0.284. The number of hydrazone groups is 1. The van der Waals surface area contributed by atoms with E-state index in [9.17, 15) is 4.79 Å². The van der Waals surface area contributed by atoms with Gasteiger partial charge in [0.15, 0.2) is 11.5 Å². The molecule has 0 aliphatic carbocycles. The van der Waals surface area contributed by atoms with Crippen molar-refractivity contribution < 1.29 is 9.47 Å². The average Bonchev–Trinajstić information content (AvgIpc) is 2.72. The lowest BCUT2D eigenvalue weighted by Gasteiger charge is -2.11. The van der Waals surface area contributed by atoms with E-state index in [2.05, 4.69) is 20.5 Å². The van der Waals surface area contributed by atoms with Crippen LogP contribution in [0.1, 0.15) is 23.7 Å². The maximum Gasteiger partial charge on any atom is 0.252 e. The molecule has 29 heavy (non-hydrogen) atoms. The van der Waals surface area contributed by atoms with Crippen LogP contribution < -0.4 is 20.5 Å². The van der Waals surface area contributed by atoms with Gasteiger partial charge in [-0.15, -0.1) is 0 Å². The van der Waals surface area contributed by atoms with Crippen LogP contribution in [-0.2, 0) is 13.0 Å². The van der Waals surface area contributed by atoms with Gasteiger partial charge < -0.3 is 9.47 Å². The molecule has 1 aromatic heterocycles. The minimum absolute atomic E-state index is 0.225. The Morgan fingerprint density at radius 3 is 2.83 bits per heavy atom. The summed E-state index contributed by atoms with van der Waals surface area (Å²) in [4.78, 5) is 18.4. The van der Waals surface area contributed by atoms with Gasteiger partial charge in [-0.3, -0.25) is 9.78 Å². The highest BCUT2D eigenvalue weighted by Gasteiger charge is 2.06. The fourth-order valence-corrected chi connectivity index (χ4v) is 2.79. The van der Waals surface area contributed by atoms with Crippen LogP contribution in [0.25, 0.3) is 0 Å². The van der Waals surface area contributed by atoms with E-state index >= 15 is 0 Å². The molecule has 0 unspecified atom stereocenters. The van der Waals surface area contributed by atoms with Crippen LogP contribution in [0.2, 0.25) is 5.02 Å². The summed E-state index contributed by atoms with van der Waals surface area (Å²) >= 11 is 6.00. The van der Waals surface area contributed by atoms with E-state index in [0.717, 1.165) is 11.1 Å². The number of aromatic nitrogens is 2. The predicted octanol–water partition coefficient (Wildman–Crippen LogP) is 4.02. The van der Waals surface area contributed by atoms with E-state index in [4.69, 9.17) is 21.1 Å². The van der Waals surface area contributed by atoms with Crippen molar-refractivity contribution in [1.29, 1.82) is 0 Å². The first kappa shape index (κ1) is 20.4. The first-order valence-corrected chi connectivity index (χ1v) is 9.39. The number of hydrogen-bond donors (Lipinski definition) is 2. The average molecular weight is 413 g/mol. The number of benzene rings is 2. The molecule has 0 saturated heterocycles. The summed E-state index contributed by atoms with van der Waals surface area (Å²) in [7, 11) is 1.58. The number of rotatable bonds is 8. The quantitative estimate of drug-likeness (QED) is 0.431. The number of halogens is 1. The van der Waals surface area contributed by atoms with Crippen LogP contribution in [0.5, 0.6) is 11.5 Å². The SMILES string of the molecule is CCc1cc(=O)[nH]c(N/N=C\c2ccc(OCc3cccc(Cl)c3)c(OC)c2)n1. The zero-order chi connectivity index (χ0) is 20.6. The van der Waals surface area contributed by atoms with Crippen molar-refractivity contribution in [2.75, 3.05) is 12.5 Å². The Morgan fingerprint density at radius 2 is 2.07 bits per heavy atom. The number of hydrogen-bond acceptors (Lipinski definition) is 6. The topological polar surface area (TPSA) is 88.6 Å². The Hall–Kier alpha value is -3.32. The second-order valence-electron chi connectivity index (χ2n) is 6.14. The minimum atomic E-state index is -0.225. The normalized spacial score (nSPS) is 10.9. The smallest absolute Gasteiger partial charge is 0.252 e. The maximum atomic E-state index is 11.6. The molecule has 150 valence electrons. The molecule has 2 N–H and O–H groups in total. The summed E-state index contributed by atoms with van der Waals surface area (Å²) in [6, 6.07) is 14.4. The molecular formula is C21H21ClN4O3. The van der Waals surface area contributed by atoms with E-state index < -0.39 is 0 Å². The lowest BCUT2D eigenvalue weighted by Crippen LogP contribution is -2.11.